The molecule has 0 radical (unpaired) electrons. The van der Waals surface area contributed by atoms with Gasteiger partial charge in [-0.2, -0.15) is 5.10 Å². The Balaban J connectivity index is 1.78. The molecule has 1 fully saturated rings. The number of rotatable bonds is 5. The van der Waals surface area contributed by atoms with Gasteiger partial charge in [-0.05, 0) is 40.2 Å². The molecular formula is C15H23N5OS. The highest BCUT2D eigenvalue weighted by molar-refractivity contribution is 7.13. The lowest BCUT2D eigenvalue weighted by Crippen LogP contribution is -2.23. The molecule has 0 bridgehead atoms. The van der Waals surface area contributed by atoms with Crippen molar-refractivity contribution in [1.29, 1.82) is 0 Å². The van der Waals surface area contributed by atoms with E-state index in [4.69, 9.17) is 4.74 Å². The predicted octanol–water partition coefficient (Wildman–Crippen LogP) is 2.62. The third kappa shape index (κ3) is 2.87. The second-order valence-corrected chi connectivity index (χ2v) is 6.76. The van der Waals surface area contributed by atoms with E-state index >= 15 is 0 Å². The van der Waals surface area contributed by atoms with Crippen LogP contribution in [0.15, 0.2) is 0 Å². The van der Waals surface area contributed by atoms with Crippen molar-refractivity contribution in [1.82, 2.24) is 24.9 Å². The predicted molar refractivity (Wildman–Crippen MR) is 86.1 cm³/mol. The summed E-state index contributed by atoms with van der Waals surface area (Å²) in [6.45, 7) is 8.80. The lowest BCUT2D eigenvalue weighted by atomic mass is 10.0. The number of aryl methyl sites for hydroxylation is 2. The van der Waals surface area contributed by atoms with Gasteiger partial charge in [0.15, 0.2) is 0 Å². The van der Waals surface area contributed by atoms with Crippen molar-refractivity contribution >= 4 is 11.3 Å². The Morgan fingerprint density at radius 1 is 1.32 bits per heavy atom. The lowest BCUT2D eigenvalue weighted by Gasteiger charge is -2.23. The van der Waals surface area contributed by atoms with Gasteiger partial charge in [-0.15, -0.1) is 10.2 Å². The molecule has 2 aromatic rings. The van der Waals surface area contributed by atoms with E-state index in [0.717, 1.165) is 23.8 Å². The number of aromatic nitrogens is 4. The van der Waals surface area contributed by atoms with E-state index in [9.17, 15) is 0 Å². The summed E-state index contributed by atoms with van der Waals surface area (Å²) in [7, 11) is 2.02. The first-order chi connectivity index (χ1) is 10.6. The van der Waals surface area contributed by atoms with E-state index in [1.54, 1.807) is 11.3 Å². The average Bonchev–Trinajstić information content (AvgIpc) is 3.15. The number of nitrogens with zero attached hydrogens (tertiary/aromatic N) is 5. The maximum absolute atomic E-state index is 5.42. The molecule has 0 amide bonds. The van der Waals surface area contributed by atoms with E-state index in [-0.39, 0.29) is 0 Å². The first kappa shape index (κ1) is 15.4. The van der Waals surface area contributed by atoms with E-state index in [1.807, 2.05) is 18.7 Å². The van der Waals surface area contributed by atoms with E-state index in [0.29, 0.717) is 17.8 Å². The van der Waals surface area contributed by atoms with Crippen LogP contribution in [0.1, 0.15) is 47.8 Å². The molecule has 0 spiro atoms. The van der Waals surface area contributed by atoms with Gasteiger partial charge in [-0.25, -0.2) is 0 Å². The summed E-state index contributed by atoms with van der Waals surface area (Å²) in [5.74, 6) is 0. The van der Waals surface area contributed by atoms with Crippen LogP contribution in [0.2, 0.25) is 0 Å². The Labute approximate surface area is 135 Å². The number of hydrogen-bond donors (Lipinski definition) is 0. The second kappa shape index (κ2) is 6.34. The third-order valence-corrected chi connectivity index (χ3v) is 5.14. The monoisotopic (exact) mass is 321 g/mol. The molecule has 7 heteroatoms. The van der Waals surface area contributed by atoms with Crippen LogP contribution in [0.3, 0.4) is 0 Å². The molecule has 1 saturated heterocycles. The largest absolute Gasteiger partial charge is 0.469 e. The zero-order valence-corrected chi connectivity index (χ0v) is 14.5. The molecule has 120 valence electrons. The standard InChI is InChI=1S/C15H23N5OS/c1-5-21-15-17-16-13(22-15)9-20-8-6-7-12(20)14-10(2)18-19(4)11(14)3/h12H,5-9H2,1-4H3/t12-/m0/s1. The van der Waals surface area contributed by atoms with Crippen molar-refractivity contribution in [3.8, 4) is 5.19 Å². The maximum Gasteiger partial charge on any atom is 0.294 e. The molecule has 2 aromatic heterocycles. The fourth-order valence-corrected chi connectivity index (χ4v) is 4.04. The van der Waals surface area contributed by atoms with Crippen LogP contribution in [0, 0.1) is 13.8 Å². The molecule has 1 aliphatic rings. The SMILES string of the molecule is CCOc1nnc(CN2CCC[C@H]2c2c(C)nn(C)c2C)s1. The van der Waals surface area contributed by atoms with E-state index in [2.05, 4.69) is 34.0 Å². The van der Waals surface area contributed by atoms with Gasteiger partial charge in [-0.1, -0.05) is 11.3 Å². The van der Waals surface area contributed by atoms with Gasteiger partial charge in [0.2, 0.25) is 0 Å². The molecule has 0 aromatic carbocycles. The summed E-state index contributed by atoms with van der Waals surface area (Å²) in [6, 6.07) is 0.438. The molecular weight excluding hydrogens is 298 g/mol. The van der Waals surface area contributed by atoms with E-state index < -0.39 is 0 Å². The molecule has 0 N–H and O–H groups in total. The smallest absolute Gasteiger partial charge is 0.294 e. The minimum atomic E-state index is 0.438. The van der Waals surface area contributed by atoms with Gasteiger partial charge in [0.05, 0.1) is 18.8 Å². The summed E-state index contributed by atoms with van der Waals surface area (Å²) in [4.78, 5) is 2.49. The minimum absolute atomic E-state index is 0.438. The van der Waals surface area contributed by atoms with Crippen LogP contribution in [0.5, 0.6) is 5.19 Å². The Bertz CT molecular complexity index is 650. The zero-order valence-electron chi connectivity index (χ0n) is 13.7. The number of hydrogen-bond acceptors (Lipinski definition) is 6. The summed E-state index contributed by atoms with van der Waals surface area (Å²) in [5.41, 5.74) is 3.79. The molecule has 0 unspecified atom stereocenters. The third-order valence-electron chi connectivity index (χ3n) is 4.32. The molecule has 3 rings (SSSR count). The topological polar surface area (TPSA) is 56.1 Å². The summed E-state index contributed by atoms with van der Waals surface area (Å²) in [5, 5.41) is 14.6. The Hall–Kier alpha value is -1.47. The summed E-state index contributed by atoms with van der Waals surface area (Å²) >= 11 is 1.55. The molecule has 1 aliphatic heterocycles. The number of likely N-dealkylation sites (tertiary alicyclic amines) is 1. The second-order valence-electron chi connectivity index (χ2n) is 5.73. The van der Waals surface area contributed by atoms with Crippen molar-refractivity contribution in [2.75, 3.05) is 13.2 Å². The molecule has 0 saturated carbocycles. The van der Waals surface area contributed by atoms with Crippen molar-refractivity contribution in [3.63, 3.8) is 0 Å². The van der Waals surface area contributed by atoms with Crippen molar-refractivity contribution in [3.05, 3.63) is 22.0 Å². The van der Waals surface area contributed by atoms with Crippen molar-refractivity contribution in [2.45, 2.75) is 46.2 Å². The molecule has 3 heterocycles. The van der Waals surface area contributed by atoms with Crippen LogP contribution in [-0.2, 0) is 13.6 Å². The fourth-order valence-electron chi connectivity index (χ4n) is 3.27. The highest BCUT2D eigenvalue weighted by Crippen LogP contribution is 2.36. The summed E-state index contributed by atoms with van der Waals surface area (Å²) in [6.07, 6.45) is 2.40. The average molecular weight is 321 g/mol. The Morgan fingerprint density at radius 2 is 2.14 bits per heavy atom. The first-order valence-corrected chi connectivity index (χ1v) is 8.61. The Kier molecular flexibility index (Phi) is 4.44. The summed E-state index contributed by atoms with van der Waals surface area (Å²) < 4.78 is 7.40. The van der Waals surface area contributed by atoms with E-state index in [1.165, 1.54) is 24.1 Å². The minimum Gasteiger partial charge on any atom is -0.469 e. The lowest BCUT2D eigenvalue weighted by molar-refractivity contribution is 0.246. The normalized spacial score (nSPS) is 19.0. The molecule has 22 heavy (non-hydrogen) atoms. The molecule has 6 nitrogen and oxygen atoms in total. The van der Waals surface area contributed by atoms with Gasteiger partial charge in [0, 0.05) is 24.3 Å². The van der Waals surface area contributed by atoms with Crippen LogP contribution >= 0.6 is 11.3 Å². The van der Waals surface area contributed by atoms with Crippen LogP contribution in [0.4, 0.5) is 0 Å². The fraction of sp³-hybridized carbons (Fsp3) is 0.667. The van der Waals surface area contributed by atoms with Crippen LogP contribution in [-0.4, -0.2) is 38.0 Å². The number of ether oxygens (including phenoxy) is 1. The van der Waals surface area contributed by atoms with Crippen LogP contribution in [0.25, 0.3) is 0 Å². The van der Waals surface area contributed by atoms with Crippen molar-refractivity contribution in [2.24, 2.45) is 7.05 Å². The quantitative estimate of drug-likeness (QED) is 0.847. The molecule has 1 atom stereocenters. The Morgan fingerprint density at radius 3 is 2.82 bits per heavy atom. The first-order valence-electron chi connectivity index (χ1n) is 7.79. The highest BCUT2D eigenvalue weighted by Gasteiger charge is 2.31. The van der Waals surface area contributed by atoms with Gasteiger partial charge >= 0.3 is 0 Å². The zero-order chi connectivity index (χ0) is 15.7. The van der Waals surface area contributed by atoms with Gasteiger partial charge in [-0.3, -0.25) is 9.58 Å². The van der Waals surface area contributed by atoms with Crippen LogP contribution < -0.4 is 4.74 Å². The highest BCUT2D eigenvalue weighted by atomic mass is 32.1. The van der Waals surface area contributed by atoms with Gasteiger partial charge < -0.3 is 4.74 Å². The maximum atomic E-state index is 5.42. The van der Waals surface area contributed by atoms with Crippen molar-refractivity contribution < 1.29 is 4.74 Å². The van der Waals surface area contributed by atoms with Gasteiger partial charge in [0.1, 0.15) is 5.01 Å². The molecule has 0 aliphatic carbocycles. The van der Waals surface area contributed by atoms with Gasteiger partial charge in [0.25, 0.3) is 5.19 Å².